The summed E-state index contributed by atoms with van der Waals surface area (Å²) in [5.74, 6) is 1.13. The highest BCUT2D eigenvalue weighted by Crippen LogP contribution is 2.42. The first kappa shape index (κ1) is 10.6. The first-order valence-electron chi connectivity index (χ1n) is 5.70. The second kappa shape index (κ2) is 3.93. The molecular weight excluding hydrogens is 192 g/mol. The van der Waals surface area contributed by atoms with Gasteiger partial charge in [-0.2, -0.15) is 4.98 Å². The zero-order valence-electron chi connectivity index (χ0n) is 9.36. The van der Waals surface area contributed by atoms with E-state index in [2.05, 4.69) is 17.1 Å². The summed E-state index contributed by atoms with van der Waals surface area (Å²) in [4.78, 5) is 4.31. The molecule has 1 aromatic heterocycles. The molecule has 0 bridgehead atoms. The van der Waals surface area contributed by atoms with E-state index in [1.54, 1.807) is 6.92 Å². The van der Waals surface area contributed by atoms with Gasteiger partial charge in [0.1, 0.15) is 6.10 Å². The number of hydrogen-bond donors (Lipinski definition) is 1. The van der Waals surface area contributed by atoms with Gasteiger partial charge in [0, 0.05) is 5.41 Å². The molecule has 2 rings (SSSR count). The Morgan fingerprint density at radius 2 is 2.13 bits per heavy atom. The molecule has 1 heterocycles. The molecule has 1 saturated carbocycles. The third-order valence-electron chi connectivity index (χ3n) is 3.51. The lowest BCUT2D eigenvalue weighted by Crippen LogP contribution is -2.21. The van der Waals surface area contributed by atoms with Crippen LogP contribution in [-0.2, 0) is 5.41 Å². The Labute approximate surface area is 89.7 Å². The summed E-state index contributed by atoms with van der Waals surface area (Å²) in [6.07, 6.45) is 5.13. The van der Waals surface area contributed by atoms with Crippen LogP contribution in [0.1, 0.15) is 63.8 Å². The zero-order valence-corrected chi connectivity index (χ0v) is 9.36. The molecule has 4 heteroatoms. The molecule has 1 aliphatic carbocycles. The van der Waals surface area contributed by atoms with Crippen molar-refractivity contribution in [3.05, 3.63) is 11.7 Å². The maximum absolute atomic E-state index is 9.35. The molecule has 1 N–H and O–H groups in total. The van der Waals surface area contributed by atoms with Crippen molar-refractivity contribution >= 4 is 0 Å². The SMILES string of the molecule is CCC1(c2nc(C(C)O)no2)CCCC1. The molecule has 84 valence electrons. The minimum Gasteiger partial charge on any atom is -0.385 e. The predicted octanol–water partition coefficient (Wildman–Crippen LogP) is 2.34. The summed E-state index contributed by atoms with van der Waals surface area (Å²) < 4.78 is 5.28. The highest BCUT2D eigenvalue weighted by Gasteiger charge is 2.39. The summed E-state index contributed by atoms with van der Waals surface area (Å²) in [6, 6.07) is 0. The van der Waals surface area contributed by atoms with E-state index in [1.807, 2.05) is 0 Å². The van der Waals surface area contributed by atoms with Crippen LogP contribution in [0.2, 0.25) is 0 Å². The first-order valence-corrected chi connectivity index (χ1v) is 5.70. The van der Waals surface area contributed by atoms with Crippen LogP contribution in [0.3, 0.4) is 0 Å². The molecule has 1 atom stereocenters. The van der Waals surface area contributed by atoms with Crippen molar-refractivity contribution < 1.29 is 9.63 Å². The number of aromatic nitrogens is 2. The van der Waals surface area contributed by atoms with Crippen molar-refractivity contribution in [2.75, 3.05) is 0 Å². The Balaban J connectivity index is 2.27. The fourth-order valence-electron chi connectivity index (χ4n) is 2.39. The van der Waals surface area contributed by atoms with Gasteiger partial charge in [0.2, 0.25) is 5.89 Å². The van der Waals surface area contributed by atoms with Gasteiger partial charge >= 0.3 is 0 Å². The number of aliphatic hydroxyl groups is 1. The summed E-state index contributed by atoms with van der Waals surface area (Å²) in [5, 5.41) is 13.2. The highest BCUT2D eigenvalue weighted by atomic mass is 16.5. The molecule has 1 aliphatic rings. The van der Waals surface area contributed by atoms with Crippen LogP contribution in [0.4, 0.5) is 0 Å². The van der Waals surface area contributed by atoms with Crippen molar-refractivity contribution in [1.29, 1.82) is 0 Å². The van der Waals surface area contributed by atoms with E-state index < -0.39 is 6.10 Å². The van der Waals surface area contributed by atoms with Gasteiger partial charge < -0.3 is 9.63 Å². The van der Waals surface area contributed by atoms with Gasteiger partial charge in [-0.05, 0) is 26.2 Å². The predicted molar refractivity (Wildman–Crippen MR) is 55.4 cm³/mol. The molecule has 0 saturated heterocycles. The molecule has 0 aromatic carbocycles. The zero-order chi connectivity index (χ0) is 10.9. The molecule has 1 fully saturated rings. The quantitative estimate of drug-likeness (QED) is 0.831. The number of aliphatic hydroxyl groups excluding tert-OH is 1. The second-order valence-corrected chi connectivity index (χ2v) is 4.47. The minimum absolute atomic E-state index is 0.0835. The van der Waals surface area contributed by atoms with Crippen LogP contribution in [-0.4, -0.2) is 15.2 Å². The third-order valence-corrected chi connectivity index (χ3v) is 3.51. The van der Waals surface area contributed by atoms with E-state index >= 15 is 0 Å². The Morgan fingerprint density at radius 3 is 2.60 bits per heavy atom. The summed E-state index contributed by atoms with van der Waals surface area (Å²) in [5.41, 5.74) is 0.0835. The average molecular weight is 210 g/mol. The van der Waals surface area contributed by atoms with E-state index in [4.69, 9.17) is 4.52 Å². The van der Waals surface area contributed by atoms with Gasteiger partial charge in [-0.25, -0.2) is 0 Å². The molecule has 0 spiro atoms. The maximum atomic E-state index is 9.35. The van der Waals surface area contributed by atoms with Crippen LogP contribution in [0.15, 0.2) is 4.52 Å². The van der Waals surface area contributed by atoms with Crippen LogP contribution in [0.5, 0.6) is 0 Å². The Hall–Kier alpha value is -0.900. The van der Waals surface area contributed by atoms with Crippen molar-refractivity contribution in [1.82, 2.24) is 10.1 Å². The lowest BCUT2D eigenvalue weighted by atomic mass is 9.83. The first-order chi connectivity index (χ1) is 7.18. The molecule has 1 aromatic rings. The lowest BCUT2D eigenvalue weighted by Gasteiger charge is -2.21. The van der Waals surface area contributed by atoms with Gasteiger partial charge in [-0.15, -0.1) is 0 Å². The number of nitrogens with zero attached hydrogens (tertiary/aromatic N) is 2. The molecule has 1 unspecified atom stereocenters. The van der Waals surface area contributed by atoms with Gasteiger partial charge in [0.15, 0.2) is 5.82 Å². The number of rotatable bonds is 3. The van der Waals surface area contributed by atoms with E-state index in [0.29, 0.717) is 5.82 Å². The van der Waals surface area contributed by atoms with E-state index in [-0.39, 0.29) is 5.41 Å². The van der Waals surface area contributed by atoms with Crippen LogP contribution in [0.25, 0.3) is 0 Å². The van der Waals surface area contributed by atoms with E-state index in [0.717, 1.165) is 25.2 Å². The summed E-state index contributed by atoms with van der Waals surface area (Å²) in [6.45, 7) is 3.82. The van der Waals surface area contributed by atoms with Crippen molar-refractivity contribution in [3.63, 3.8) is 0 Å². The number of hydrogen-bond acceptors (Lipinski definition) is 4. The van der Waals surface area contributed by atoms with Gasteiger partial charge in [0.05, 0.1) is 0 Å². The Bertz CT molecular complexity index is 327. The Kier molecular flexibility index (Phi) is 2.78. The molecule has 15 heavy (non-hydrogen) atoms. The van der Waals surface area contributed by atoms with Crippen molar-refractivity contribution in [2.24, 2.45) is 0 Å². The van der Waals surface area contributed by atoms with Gasteiger partial charge in [-0.1, -0.05) is 24.9 Å². The second-order valence-electron chi connectivity index (χ2n) is 4.47. The van der Waals surface area contributed by atoms with Crippen LogP contribution >= 0.6 is 0 Å². The minimum atomic E-state index is -0.641. The monoisotopic (exact) mass is 210 g/mol. The van der Waals surface area contributed by atoms with Crippen molar-refractivity contribution in [3.8, 4) is 0 Å². The molecule has 0 amide bonds. The fourth-order valence-corrected chi connectivity index (χ4v) is 2.39. The normalized spacial score (nSPS) is 21.8. The average Bonchev–Trinajstić information content (AvgIpc) is 2.87. The van der Waals surface area contributed by atoms with Crippen LogP contribution in [0, 0.1) is 0 Å². The third kappa shape index (κ3) is 1.78. The largest absolute Gasteiger partial charge is 0.385 e. The Morgan fingerprint density at radius 1 is 1.47 bits per heavy atom. The standard InChI is InChI=1S/C11H18N2O2/c1-3-11(6-4-5-7-11)10-12-9(8(2)14)13-15-10/h8,14H,3-7H2,1-2H3. The summed E-state index contributed by atoms with van der Waals surface area (Å²) >= 11 is 0. The van der Waals surface area contributed by atoms with E-state index in [1.165, 1.54) is 12.8 Å². The lowest BCUT2D eigenvalue weighted by molar-refractivity contribution is 0.183. The summed E-state index contributed by atoms with van der Waals surface area (Å²) in [7, 11) is 0. The smallest absolute Gasteiger partial charge is 0.232 e. The molecular formula is C11H18N2O2. The molecule has 4 nitrogen and oxygen atoms in total. The van der Waals surface area contributed by atoms with Crippen LogP contribution < -0.4 is 0 Å². The van der Waals surface area contributed by atoms with Gasteiger partial charge in [0.25, 0.3) is 0 Å². The fraction of sp³-hybridized carbons (Fsp3) is 0.818. The molecule has 0 aliphatic heterocycles. The van der Waals surface area contributed by atoms with Gasteiger partial charge in [-0.3, -0.25) is 0 Å². The molecule has 0 radical (unpaired) electrons. The highest BCUT2D eigenvalue weighted by molar-refractivity contribution is 5.08. The van der Waals surface area contributed by atoms with Crippen molar-refractivity contribution in [2.45, 2.75) is 57.5 Å². The van der Waals surface area contributed by atoms with E-state index in [9.17, 15) is 5.11 Å². The maximum Gasteiger partial charge on any atom is 0.232 e. The topological polar surface area (TPSA) is 59.2 Å².